The van der Waals surface area contributed by atoms with Crippen molar-refractivity contribution in [1.29, 1.82) is 0 Å². The van der Waals surface area contributed by atoms with Gasteiger partial charge in [0.05, 0.1) is 5.76 Å². The number of hydrogen-bond donors (Lipinski definition) is 0. The standard InChI is InChI=1S/C8H15O.C4H6F.Fe/c1-5-6-9-8(4)7(2)3;1-3-4(2)5;/h5H,6H2,1-4H3;1-2H3;/q2*-1;+2. The number of halogens is 1. The van der Waals surface area contributed by atoms with Gasteiger partial charge in [0.2, 0.25) is 0 Å². The second-order valence-electron chi connectivity index (χ2n) is 3.06. The van der Waals surface area contributed by atoms with Gasteiger partial charge >= 0.3 is 17.1 Å². The maximum absolute atomic E-state index is 11.2. The molecular weight excluding hydrogens is 235 g/mol. The van der Waals surface area contributed by atoms with E-state index in [2.05, 4.69) is 6.08 Å². The van der Waals surface area contributed by atoms with Gasteiger partial charge in [-0.1, -0.05) is 5.83 Å². The number of ether oxygens (including phenoxy) is 1. The average Bonchev–Trinajstić information content (AvgIpc) is 2.14. The SMILES string of the molecule is C[C-]=C(C)F.C[CH-]COC(C)=C(C)C.[Fe+2]. The van der Waals surface area contributed by atoms with Crippen LogP contribution in [0.15, 0.2) is 17.2 Å². The average molecular weight is 256 g/mol. The molecule has 0 aromatic heterocycles. The van der Waals surface area contributed by atoms with Crippen LogP contribution in [-0.2, 0) is 21.8 Å². The molecule has 0 saturated carbocycles. The maximum Gasteiger partial charge on any atom is 2.00 e. The van der Waals surface area contributed by atoms with Gasteiger partial charge in [-0.3, -0.25) is 10.8 Å². The summed E-state index contributed by atoms with van der Waals surface area (Å²) in [7, 11) is 0. The Labute approximate surface area is 104 Å². The fraction of sp³-hybridized carbons (Fsp3) is 0.583. The Kier molecular flexibility index (Phi) is 18.5. The minimum Gasteiger partial charge on any atom is -0.530 e. The molecule has 1 nitrogen and oxygen atoms in total. The van der Waals surface area contributed by atoms with Crippen molar-refractivity contribution in [2.75, 3.05) is 6.61 Å². The molecule has 0 bridgehead atoms. The van der Waals surface area contributed by atoms with Crippen LogP contribution >= 0.6 is 0 Å². The van der Waals surface area contributed by atoms with E-state index in [9.17, 15) is 4.39 Å². The summed E-state index contributed by atoms with van der Waals surface area (Å²) in [5, 5.41) is 0. The van der Waals surface area contributed by atoms with E-state index in [1.165, 1.54) is 19.4 Å². The van der Waals surface area contributed by atoms with E-state index in [1.807, 2.05) is 34.1 Å². The fourth-order valence-corrected chi connectivity index (χ4v) is 0.353. The van der Waals surface area contributed by atoms with Crippen molar-refractivity contribution < 1.29 is 26.2 Å². The Morgan fingerprint density at radius 2 is 1.67 bits per heavy atom. The Balaban J connectivity index is -0.000000208. The fourth-order valence-electron chi connectivity index (χ4n) is 0.353. The van der Waals surface area contributed by atoms with E-state index in [0.29, 0.717) is 0 Å². The van der Waals surface area contributed by atoms with Gasteiger partial charge in [0.15, 0.2) is 0 Å². The molecule has 0 aliphatic carbocycles. The van der Waals surface area contributed by atoms with Crippen LogP contribution in [0.4, 0.5) is 4.39 Å². The van der Waals surface area contributed by atoms with Gasteiger partial charge in [0.25, 0.3) is 0 Å². The van der Waals surface area contributed by atoms with Crippen molar-refractivity contribution in [3.63, 3.8) is 0 Å². The third-order valence-corrected chi connectivity index (χ3v) is 1.52. The maximum atomic E-state index is 11.2. The Hall–Kier alpha value is -0.271. The molecule has 0 spiro atoms. The van der Waals surface area contributed by atoms with E-state index >= 15 is 0 Å². The van der Waals surface area contributed by atoms with E-state index in [0.717, 1.165) is 12.4 Å². The summed E-state index contributed by atoms with van der Waals surface area (Å²) in [5.41, 5.74) is 1.25. The summed E-state index contributed by atoms with van der Waals surface area (Å²) in [4.78, 5) is 0. The predicted octanol–water partition coefficient (Wildman–Crippen LogP) is 4.22. The van der Waals surface area contributed by atoms with E-state index in [4.69, 9.17) is 4.74 Å². The molecular formula is C12H21FFeO. The molecule has 0 unspecified atom stereocenters. The van der Waals surface area contributed by atoms with Crippen molar-refractivity contribution in [2.45, 2.75) is 41.5 Å². The van der Waals surface area contributed by atoms with Gasteiger partial charge < -0.3 is 10.8 Å². The number of hydrogen-bond acceptors (Lipinski definition) is 1. The molecule has 15 heavy (non-hydrogen) atoms. The zero-order chi connectivity index (χ0) is 11.6. The minimum absolute atomic E-state index is 0. The van der Waals surface area contributed by atoms with Crippen LogP contribution in [0.2, 0.25) is 0 Å². The molecule has 0 N–H and O–H groups in total. The normalized spacial score (nSPS) is 9.40. The molecule has 0 amide bonds. The molecule has 0 rings (SSSR count). The van der Waals surface area contributed by atoms with Crippen LogP contribution in [0.25, 0.3) is 0 Å². The monoisotopic (exact) mass is 256 g/mol. The van der Waals surface area contributed by atoms with Crippen LogP contribution in [0.1, 0.15) is 41.5 Å². The predicted molar refractivity (Wildman–Crippen MR) is 59.2 cm³/mol. The molecule has 0 aliphatic rings. The number of rotatable bonds is 3. The molecule has 0 aromatic carbocycles. The van der Waals surface area contributed by atoms with Crippen molar-refractivity contribution in [3.8, 4) is 0 Å². The smallest absolute Gasteiger partial charge is 0.530 e. The Morgan fingerprint density at radius 3 is 1.87 bits per heavy atom. The second kappa shape index (κ2) is 13.7. The first-order valence-corrected chi connectivity index (χ1v) is 4.67. The van der Waals surface area contributed by atoms with Crippen molar-refractivity contribution in [1.82, 2.24) is 0 Å². The molecule has 0 aliphatic heterocycles. The van der Waals surface area contributed by atoms with Gasteiger partial charge in [0.1, 0.15) is 0 Å². The Morgan fingerprint density at radius 1 is 1.27 bits per heavy atom. The van der Waals surface area contributed by atoms with Crippen molar-refractivity contribution in [3.05, 3.63) is 29.7 Å². The first-order chi connectivity index (χ1) is 6.45. The summed E-state index contributed by atoms with van der Waals surface area (Å²) in [6, 6.07) is 0. The summed E-state index contributed by atoms with van der Waals surface area (Å²) >= 11 is 0. The first kappa shape index (κ1) is 20.2. The number of allylic oxidation sites excluding steroid dienone is 4. The summed E-state index contributed by atoms with van der Waals surface area (Å²) < 4.78 is 16.5. The molecule has 3 heteroatoms. The third-order valence-electron chi connectivity index (χ3n) is 1.52. The summed E-state index contributed by atoms with van der Waals surface area (Å²) in [5.74, 6) is 0.790. The van der Waals surface area contributed by atoms with Gasteiger partial charge in [0, 0.05) is 0 Å². The zero-order valence-corrected chi connectivity index (χ0v) is 11.5. The quantitative estimate of drug-likeness (QED) is 0.417. The molecule has 0 heterocycles. The minimum atomic E-state index is -0.245. The molecule has 0 fully saturated rings. The topological polar surface area (TPSA) is 9.23 Å². The summed E-state index contributed by atoms with van der Waals surface area (Å²) in [6.45, 7) is 11.7. The van der Waals surface area contributed by atoms with Gasteiger partial charge in [-0.05, 0) is 39.9 Å². The first-order valence-electron chi connectivity index (χ1n) is 4.67. The Bertz CT molecular complexity index is 190. The van der Waals surface area contributed by atoms with Crippen LogP contribution < -0.4 is 0 Å². The van der Waals surface area contributed by atoms with Crippen LogP contribution in [0.5, 0.6) is 0 Å². The van der Waals surface area contributed by atoms with Gasteiger partial charge in [-0.25, -0.2) is 0 Å². The van der Waals surface area contributed by atoms with Gasteiger partial charge in [-0.2, -0.15) is 13.8 Å². The van der Waals surface area contributed by atoms with E-state index < -0.39 is 0 Å². The molecule has 90 valence electrons. The summed E-state index contributed by atoms with van der Waals surface area (Å²) in [6.07, 6.45) is 4.27. The molecule has 0 saturated heterocycles. The van der Waals surface area contributed by atoms with Crippen molar-refractivity contribution >= 4 is 0 Å². The van der Waals surface area contributed by atoms with Crippen LogP contribution in [-0.4, -0.2) is 6.61 Å². The second-order valence-corrected chi connectivity index (χ2v) is 3.06. The van der Waals surface area contributed by atoms with Crippen molar-refractivity contribution in [2.24, 2.45) is 0 Å². The van der Waals surface area contributed by atoms with E-state index in [-0.39, 0.29) is 22.9 Å². The largest absolute Gasteiger partial charge is 2.00 e. The molecule has 0 aromatic rings. The molecule has 0 atom stereocenters. The zero-order valence-electron chi connectivity index (χ0n) is 10.4. The molecule has 0 radical (unpaired) electrons. The van der Waals surface area contributed by atoms with Gasteiger partial charge in [-0.15, -0.1) is 0 Å². The van der Waals surface area contributed by atoms with Crippen LogP contribution in [0, 0.1) is 12.5 Å². The van der Waals surface area contributed by atoms with E-state index in [1.54, 1.807) is 0 Å². The van der Waals surface area contributed by atoms with Crippen LogP contribution in [0.3, 0.4) is 0 Å². The third kappa shape index (κ3) is 20.0.